The zero-order chi connectivity index (χ0) is 9.94. The Balaban J connectivity index is 3.41. The van der Waals surface area contributed by atoms with Gasteiger partial charge in [-0.1, -0.05) is 13.3 Å². The summed E-state index contributed by atoms with van der Waals surface area (Å²) in [5.41, 5.74) is 5.53. The molecule has 0 aliphatic carbocycles. The van der Waals surface area contributed by atoms with Crippen molar-refractivity contribution in [3.8, 4) is 0 Å². The molecule has 0 amide bonds. The van der Waals surface area contributed by atoms with Crippen LogP contribution in [0.5, 0.6) is 0 Å². The fourth-order valence-corrected chi connectivity index (χ4v) is 1.33. The zero-order valence-electron chi connectivity index (χ0n) is 9.09. The van der Waals surface area contributed by atoms with Crippen LogP contribution in [-0.2, 0) is 4.74 Å². The van der Waals surface area contributed by atoms with Crippen LogP contribution < -0.4 is 5.73 Å². The van der Waals surface area contributed by atoms with Gasteiger partial charge in [0.15, 0.2) is 0 Å². The first kappa shape index (κ1) is 12.9. The van der Waals surface area contributed by atoms with E-state index in [-0.39, 0.29) is 0 Å². The van der Waals surface area contributed by atoms with E-state index in [4.69, 9.17) is 10.5 Å². The van der Waals surface area contributed by atoms with Crippen molar-refractivity contribution in [3.05, 3.63) is 0 Å². The Morgan fingerprint density at radius 2 is 1.85 bits per heavy atom. The van der Waals surface area contributed by atoms with Gasteiger partial charge in [-0.3, -0.25) is 0 Å². The number of hydrogen-bond donors (Lipinski definition) is 1. The summed E-state index contributed by atoms with van der Waals surface area (Å²) in [5, 5.41) is 0. The number of unbranched alkanes of at least 4 members (excludes halogenated alkanes) is 1. The molecule has 0 fully saturated rings. The van der Waals surface area contributed by atoms with Gasteiger partial charge in [0.2, 0.25) is 0 Å². The second-order valence-electron chi connectivity index (χ2n) is 3.33. The van der Waals surface area contributed by atoms with Gasteiger partial charge in [-0.15, -0.1) is 0 Å². The molecule has 80 valence electrons. The minimum atomic E-state index is 0.761. The summed E-state index contributed by atoms with van der Waals surface area (Å²) < 4.78 is 5.02. The van der Waals surface area contributed by atoms with Gasteiger partial charge in [-0.25, -0.2) is 0 Å². The molecule has 0 saturated heterocycles. The first-order valence-electron chi connectivity index (χ1n) is 5.26. The Hall–Kier alpha value is -0.120. The number of nitrogens with zero attached hydrogens (tertiary/aromatic N) is 1. The maximum atomic E-state index is 5.53. The average Bonchev–Trinajstić information content (AvgIpc) is 2.14. The van der Waals surface area contributed by atoms with Crippen LogP contribution in [0.15, 0.2) is 0 Å². The molecule has 0 unspecified atom stereocenters. The van der Waals surface area contributed by atoms with Crippen LogP contribution in [0.4, 0.5) is 0 Å². The Bertz CT molecular complexity index is 98.9. The molecule has 0 heterocycles. The maximum Gasteiger partial charge on any atom is 0.0474 e. The molecule has 0 saturated carbocycles. The third kappa shape index (κ3) is 8.22. The summed E-state index contributed by atoms with van der Waals surface area (Å²) >= 11 is 0. The molecule has 0 aliphatic rings. The average molecular weight is 188 g/mol. The highest BCUT2D eigenvalue weighted by atomic mass is 16.5. The molecule has 0 rings (SSSR count). The van der Waals surface area contributed by atoms with Gasteiger partial charge < -0.3 is 15.4 Å². The van der Waals surface area contributed by atoms with E-state index in [1.54, 1.807) is 7.11 Å². The smallest absolute Gasteiger partial charge is 0.0474 e. The molecular weight excluding hydrogens is 164 g/mol. The second-order valence-corrected chi connectivity index (χ2v) is 3.33. The second kappa shape index (κ2) is 9.96. The predicted molar refractivity (Wildman–Crippen MR) is 56.9 cm³/mol. The number of nitrogens with two attached hydrogens (primary N) is 1. The van der Waals surface area contributed by atoms with E-state index < -0.39 is 0 Å². The van der Waals surface area contributed by atoms with Crippen LogP contribution in [0, 0.1) is 0 Å². The molecule has 0 radical (unpaired) electrons. The number of ether oxygens (including phenoxy) is 1. The topological polar surface area (TPSA) is 38.5 Å². The standard InChI is InChI=1S/C10H24N2O/c1-3-4-7-12(9-6-11)8-5-10-13-2/h3-11H2,1-2H3. The molecule has 13 heavy (non-hydrogen) atoms. The minimum absolute atomic E-state index is 0.761. The highest BCUT2D eigenvalue weighted by molar-refractivity contribution is 4.57. The number of hydrogen-bond acceptors (Lipinski definition) is 3. The number of methoxy groups -OCH3 is 1. The van der Waals surface area contributed by atoms with Crippen molar-refractivity contribution in [3.63, 3.8) is 0 Å². The summed E-state index contributed by atoms with van der Waals surface area (Å²) in [7, 11) is 1.75. The first-order chi connectivity index (χ1) is 6.35. The van der Waals surface area contributed by atoms with E-state index in [2.05, 4.69) is 11.8 Å². The van der Waals surface area contributed by atoms with E-state index >= 15 is 0 Å². The van der Waals surface area contributed by atoms with Crippen LogP contribution in [-0.4, -0.2) is 44.8 Å². The Kier molecular flexibility index (Phi) is 9.87. The molecule has 2 N–H and O–H groups in total. The Morgan fingerprint density at radius 3 is 2.38 bits per heavy atom. The van der Waals surface area contributed by atoms with Crippen LogP contribution in [0.1, 0.15) is 26.2 Å². The van der Waals surface area contributed by atoms with Gasteiger partial charge in [0.05, 0.1) is 0 Å². The van der Waals surface area contributed by atoms with Gasteiger partial charge in [-0.2, -0.15) is 0 Å². The summed E-state index contributed by atoms with van der Waals surface area (Å²) in [6.07, 6.45) is 3.64. The molecule has 3 nitrogen and oxygen atoms in total. The highest BCUT2D eigenvalue weighted by Crippen LogP contribution is 1.96. The summed E-state index contributed by atoms with van der Waals surface area (Å²) in [6.45, 7) is 7.14. The minimum Gasteiger partial charge on any atom is -0.385 e. The lowest BCUT2D eigenvalue weighted by Crippen LogP contribution is -2.31. The molecule has 3 heteroatoms. The Morgan fingerprint density at radius 1 is 1.15 bits per heavy atom. The molecular formula is C10H24N2O. The van der Waals surface area contributed by atoms with E-state index in [1.807, 2.05) is 0 Å². The summed E-state index contributed by atoms with van der Waals surface area (Å²) in [4.78, 5) is 2.42. The quantitative estimate of drug-likeness (QED) is 0.550. The van der Waals surface area contributed by atoms with Crippen LogP contribution >= 0.6 is 0 Å². The molecule has 0 atom stereocenters. The first-order valence-corrected chi connectivity index (χ1v) is 5.26. The SMILES string of the molecule is CCCCN(CCN)CCCOC. The lowest BCUT2D eigenvalue weighted by atomic mass is 10.3. The van der Waals surface area contributed by atoms with Gasteiger partial charge in [0.1, 0.15) is 0 Å². The molecule has 0 aromatic heterocycles. The van der Waals surface area contributed by atoms with Crippen molar-refractivity contribution < 1.29 is 4.74 Å². The number of rotatable bonds is 9. The van der Waals surface area contributed by atoms with E-state index in [9.17, 15) is 0 Å². The molecule has 0 spiro atoms. The molecule has 0 aliphatic heterocycles. The van der Waals surface area contributed by atoms with Gasteiger partial charge >= 0.3 is 0 Å². The van der Waals surface area contributed by atoms with Crippen molar-refractivity contribution in [2.45, 2.75) is 26.2 Å². The molecule has 0 aromatic rings. The fraction of sp³-hybridized carbons (Fsp3) is 1.00. The van der Waals surface area contributed by atoms with Gasteiger partial charge in [-0.05, 0) is 19.4 Å². The Labute approximate surface area is 82.2 Å². The molecule has 0 aromatic carbocycles. The third-order valence-electron chi connectivity index (χ3n) is 2.10. The van der Waals surface area contributed by atoms with Crippen LogP contribution in [0.3, 0.4) is 0 Å². The van der Waals surface area contributed by atoms with Crippen molar-refractivity contribution >= 4 is 0 Å². The fourth-order valence-electron chi connectivity index (χ4n) is 1.33. The zero-order valence-corrected chi connectivity index (χ0v) is 9.09. The van der Waals surface area contributed by atoms with Crippen molar-refractivity contribution in [1.82, 2.24) is 4.90 Å². The van der Waals surface area contributed by atoms with Crippen LogP contribution in [0.2, 0.25) is 0 Å². The van der Waals surface area contributed by atoms with Crippen molar-refractivity contribution in [2.24, 2.45) is 5.73 Å². The largest absolute Gasteiger partial charge is 0.385 e. The van der Waals surface area contributed by atoms with Crippen molar-refractivity contribution in [2.75, 3.05) is 39.9 Å². The van der Waals surface area contributed by atoms with Gasteiger partial charge in [0.25, 0.3) is 0 Å². The van der Waals surface area contributed by atoms with Crippen LogP contribution in [0.25, 0.3) is 0 Å². The molecule has 0 bridgehead atoms. The highest BCUT2D eigenvalue weighted by Gasteiger charge is 2.01. The lowest BCUT2D eigenvalue weighted by Gasteiger charge is -2.20. The monoisotopic (exact) mass is 188 g/mol. The summed E-state index contributed by atoms with van der Waals surface area (Å²) in [5.74, 6) is 0. The predicted octanol–water partition coefficient (Wildman–Crippen LogP) is 1.08. The lowest BCUT2D eigenvalue weighted by molar-refractivity contribution is 0.172. The van der Waals surface area contributed by atoms with Gasteiger partial charge in [0, 0.05) is 33.4 Å². The van der Waals surface area contributed by atoms with Crippen molar-refractivity contribution in [1.29, 1.82) is 0 Å². The van der Waals surface area contributed by atoms with E-state index in [0.717, 1.165) is 32.7 Å². The maximum absolute atomic E-state index is 5.53. The van der Waals surface area contributed by atoms with E-state index in [1.165, 1.54) is 19.4 Å². The summed E-state index contributed by atoms with van der Waals surface area (Å²) in [6, 6.07) is 0. The van der Waals surface area contributed by atoms with E-state index in [0.29, 0.717) is 0 Å². The third-order valence-corrected chi connectivity index (χ3v) is 2.10. The normalized spacial score (nSPS) is 11.1.